The largest absolute Gasteiger partial charge is 0.335 e. The van der Waals surface area contributed by atoms with Crippen LogP contribution in [0.25, 0.3) is 0 Å². The monoisotopic (exact) mass is 221 g/mol. The number of aromatic nitrogens is 2. The number of aryl methyl sites for hydroxylation is 1. The van der Waals surface area contributed by atoms with Gasteiger partial charge in [0.25, 0.3) is 0 Å². The minimum absolute atomic E-state index is 0.127. The number of rotatable bonds is 2. The minimum Gasteiger partial charge on any atom is -0.335 e. The third-order valence-electron chi connectivity index (χ3n) is 3.00. The van der Waals surface area contributed by atoms with E-state index in [1.807, 2.05) is 18.4 Å². The zero-order valence-corrected chi connectivity index (χ0v) is 9.56. The van der Waals surface area contributed by atoms with E-state index >= 15 is 0 Å². The lowest BCUT2D eigenvalue weighted by Gasteiger charge is -2.28. The zero-order valence-electron chi connectivity index (χ0n) is 9.56. The van der Waals surface area contributed by atoms with Gasteiger partial charge in [-0.1, -0.05) is 6.92 Å². The molecule has 2 heterocycles. The van der Waals surface area contributed by atoms with Crippen molar-refractivity contribution in [2.45, 2.75) is 33.4 Å². The van der Waals surface area contributed by atoms with Gasteiger partial charge in [0.05, 0.1) is 12.2 Å². The lowest BCUT2D eigenvalue weighted by molar-refractivity contribution is -0.132. The highest BCUT2D eigenvalue weighted by Gasteiger charge is 2.24. The Hall–Kier alpha value is -1.65. The van der Waals surface area contributed by atoms with Gasteiger partial charge in [-0.25, -0.2) is 4.98 Å². The molecule has 0 saturated carbocycles. The maximum absolute atomic E-state index is 11.6. The molecular formula is C11H15N3O2. The fourth-order valence-corrected chi connectivity index (χ4v) is 2.11. The molecule has 0 bridgehead atoms. The molecule has 5 heteroatoms. The van der Waals surface area contributed by atoms with E-state index in [9.17, 15) is 9.59 Å². The lowest BCUT2D eigenvalue weighted by atomic mass is 10.2. The summed E-state index contributed by atoms with van der Waals surface area (Å²) in [6.45, 7) is 5.67. The van der Waals surface area contributed by atoms with Gasteiger partial charge in [0.15, 0.2) is 6.29 Å². The average Bonchev–Trinajstić information content (AvgIpc) is 2.64. The first kappa shape index (κ1) is 10.9. The Morgan fingerprint density at radius 1 is 1.50 bits per heavy atom. The number of carbonyl (C=O) groups is 2. The van der Waals surface area contributed by atoms with E-state index in [2.05, 4.69) is 4.98 Å². The second kappa shape index (κ2) is 4.08. The van der Waals surface area contributed by atoms with E-state index in [0.717, 1.165) is 24.3 Å². The topological polar surface area (TPSA) is 55.2 Å². The number of carbonyl (C=O) groups excluding carboxylic acids is 2. The summed E-state index contributed by atoms with van der Waals surface area (Å²) in [7, 11) is 0. The van der Waals surface area contributed by atoms with Crippen LogP contribution in [0.15, 0.2) is 0 Å². The van der Waals surface area contributed by atoms with Gasteiger partial charge in [-0.2, -0.15) is 0 Å². The van der Waals surface area contributed by atoms with E-state index in [1.165, 1.54) is 0 Å². The molecule has 0 aromatic carbocycles. The predicted octanol–water partition coefficient (Wildman–Crippen LogP) is 0.756. The van der Waals surface area contributed by atoms with Crippen molar-refractivity contribution in [3.8, 4) is 0 Å². The first-order chi connectivity index (χ1) is 7.67. The Balaban J connectivity index is 2.31. The normalized spacial score (nSPS) is 14.8. The Bertz CT molecular complexity index is 437. The number of aldehydes is 1. The summed E-state index contributed by atoms with van der Waals surface area (Å²) in [6, 6.07) is 0. The van der Waals surface area contributed by atoms with Crippen molar-refractivity contribution in [1.82, 2.24) is 14.5 Å². The van der Waals surface area contributed by atoms with Gasteiger partial charge < -0.3 is 9.47 Å². The van der Waals surface area contributed by atoms with Crippen molar-refractivity contribution in [2.24, 2.45) is 0 Å². The maximum atomic E-state index is 11.6. The zero-order chi connectivity index (χ0) is 11.7. The highest BCUT2D eigenvalue weighted by molar-refractivity contribution is 5.77. The Morgan fingerprint density at radius 2 is 2.25 bits per heavy atom. The van der Waals surface area contributed by atoms with Crippen molar-refractivity contribution in [3.63, 3.8) is 0 Å². The molecule has 1 aliphatic heterocycles. The van der Waals surface area contributed by atoms with Crippen LogP contribution >= 0.6 is 0 Å². The molecule has 0 aliphatic carbocycles. The number of hydrogen-bond donors (Lipinski definition) is 0. The molecule has 0 N–H and O–H groups in total. The number of hydrogen-bond acceptors (Lipinski definition) is 3. The molecule has 86 valence electrons. The summed E-state index contributed by atoms with van der Waals surface area (Å²) in [5.74, 6) is 0.975. The van der Waals surface area contributed by atoms with Gasteiger partial charge in [0.1, 0.15) is 11.5 Å². The van der Waals surface area contributed by atoms with Crippen LogP contribution in [-0.4, -0.2) is 33.2 Å². The molecule has 16 heavy (non-hydrogen) atoms. The number of nitrogens with zero attached hydrogens (tertiary/aromatic N) is 3. The van der Waals surface area contributed by atoms with Crippen LogP contribution < -0.4 is 0 Å². The number of imidazole rings is 1. The minimum atomic E-state index is 0.127. The molecule has 1 amide bonds. The molecule has 0 fully saturated rings. The Labute approximate surface area is 94.1 Å². The van der Waals surface area contributed by atoms with Crippen LogP contribution in [0.5, 0.6) is 0 Å². The smallest absolute Gasteiger partial charge is 0.222 e. The second-order valence-corrected chi connectivity index (χ2v) is 3.93. The summed E-state index contributed by atoms with van der Waals surface area (Å²) in [6.07, 6.45) is 1.27. The molecule has 0 saturated heterocycles. The van der Waals surface area contributed by atoms with Crippen LogP contribution in [0.4, 0.5) is 0 Å². The summed E-state index contributed by atoms with van der Waals surface area (Å²) in [5, 5.41) is 0. The molecule has 0 atom stereocenters. The second-order valence-electron chi connectivity index (χ2n) is 3.93. The van der Waals surface area contributed by atoms with Crippen LogP contribution in [0.3, 0.4) is 0 Å². The fourth-order valence-electron chi connectivity index (χ4n) is 2.11. The van der Waals surface area contributed by atoms with Crippen LogP contribution in [0.2, 0.25) is 0 Å². The van der Waals surface area contributed by atoms with Crippen LogP contribution in [0, 0.1) is 6.92 Å². The van der Waals surface area contributed by atoms with Gasteiger partial charge in [0.2, 0.25) is 5.91 Å². The van der Waals surface area contributed by atoms with Crippen LogP contribution in [0.1, 0.15) is 35.4 Å². The predicted molar refractivity (Wildman–Crippen MR) is 58.1 cm³/mol. The standard InChI is InChI=1S/C11H15N3O2/c1-3-11(16)13-4-5-14-8(2)12-9(7-15)10(14)6-13/h7H,3-6H2,1-2H3. The first-order valence-electron chi connectivity index (χ1n) is 5.46. The SMILES string of the molecule is CCC(=O)N1CCn2c(C)nc(C=O)c2C1. The molecule has 0 radical (unpaired) electrons. The molecule has 1 aromatic rings. The van der Waals surface area contributed by atoms with Gasteiger partial charge in [0, 0.05) is 19.5 Å². The third-order valence-corrected chi connectivity index (χ3v) is 3.00. The van der Waals surface area contributed by atoms with Gasteiger partial charge in [-0.15, -0.1) is 0 Å². The van der Waals surface area contributed by atoms with Crippen molar-refractivity contribution < 1.29 is 9.59 Å². The summed E-state index contributed by atoms with van der Waals surface area (Å²) in [5.41, 5.74) is 1.33. The number of amides is 1. The van der Waals surface area contributed by atoms with E-state index in [-0.39, 0.29) is 5.91 Å². The van der Waals surface area contributed by atoms with Gasteiger partial charge >= 0.3 is 0 Å². The molecule has 2 rings (SSSR count). The Kier molecular flexibility index (Phi) is 2.77. The van der Waals surface area contributed by atoms with Crippen molar-refractivity contribution in [2.75, 3.05) is 6.54 Å². The van der Waals surface area contributed by atoms with Crippen LogP contribution in [-0.2, 0) is 17.9 Å². The fraction of sp³-hybridized carbons (Fsp3) is 0.545. The third kappa shape index (κ3) is 1.62. The highest BCUT2D eigenvalue weighted by Crippen LogP contribution is 2.18. The Morgan fingerprint density at radius 3 is 2.88 bits per heavy atom. The quantitative estimate of drug-likeness (QED) is 0.693. The molecule has 1 aromatic heterocycles. The van der Waals surface area contributed by atoms with E-state index in [0.29, 0.717) is 25.2 Å². The first-order valence-corrected chi connectivity index (χ1v) is 5.46. The van der Waals surface area contributed by atoms with Crippen molar-refractivity contribution in [1.29, 1.82) is 0 Å². The summed E-state index contributed by atoms with van der Waals surface area (Å²) >= 11 is 0. The van der Waals surface area contributed by atoms with Crippen molar-refractivity contribution in [3.05, 3.63) is 17.2 Å². The molecule has 1 aliphatic rings. The number of fused-ring (bicyclic) bond motifs is 1. The molecule has 5 nitrogen and oxygen atoms in total. The van der Waals surface area contributed by atoms with Gasteiger partial charge in [-0.05, 0) is 6.92 Å². The molecule has 0 unspecified atom stereocenters. The summed E-state index contributed by atoms with van der Waals surface area (Å²) < 4.78 is 2.02. The van der Waals surface area contributed by atoms with E-state index < -0.39 is 0 Å². The van der Waals surface area contributed by atoms with E-state index in [4.69, 9.17) is 0 Å². The van der Waals surface area contributed by atoms with Crippen molar-refractivity contribution >= 4 is 12.2 Å². The summed E-state index contributed by atoms with van der Waals surface area (Å²) in [4.78, 5) is 28.4. The lowest BCUT2D eigenvalue weighted by Crippen LogP contribution is -2.38. The van der Waals surface area contributed by atoms with E-state index in [1.54, 1.807) is 4.90 Å². The van der Waals surface area contributed by atoms with Gasteiger partial charge in [-0.3, -0.25) is 9.59 Å². The maximum Gasteiger partial charge on any atom is 0.222 e. The average molecular weight is 221 g/mol. The highest BCUT2D eigenvalue weighted by atomic mass is 16.2. The molecule has 0 spiro atoms. The molecular weight excluding hydrogens is 206 g/mol.